The van der Waals surface area contributed by atoms with E-state index in [1.54, 1.807) is 19.1 Å². The number of hydrogen-bond donors (Lipinski definition) is 1. The van der Waals surface area contributed by atoms with Crippen LogP contribution in [0.2, 0.25) is 0 Å². The molecule has 6 heteroatoms. The molecule has 0 amide bonds. The summed E-state index contributed by atoms with van der Waals surface area (Å²) >= 11 is 0. The number of pyridine rings is 1. The topological polar surface area (TPSA) is 85.1 Å². The minimum Gasteiger partial charge on any atom is -0.478 e. The van der Waals surface area contributed by atoms with Crippen molar-refractivity contribution >= 4 is 5.97 Å². The maximum Gasteiger partial charge on any atom is 0.337 e. The van der Waals surface area contributed by atoms with E-state index in [1.807, 2.05) is 0 Å². The van der Waals surface area contributed by atoms with Gasteiger partial charge >= 0.3 is 5.97 Å². The summed E-state index contributed by atoms with van der Waals surface area (Å²) in [5.41, 5.74) is 1.21. The van der Waals surface area contributed by atoms with Gasteiger partial charge in [0.2, 0.25) is 0 Å². The Kier molecular flexibility index (Phi) is 3.18. The van der Waals surface area contributed by atoms with E-state index >= 15 is 0 Å². The molecule has 92 valence electrons. The van der Waals surface area contributed by atoms with Crippen molar-refractivity contribution in [2.24, 2.45) is 0 Å². The molecule has 0 atom stereocenters. The van der Waals surface area contributed by atoms with Crippen LogP contribution in [0.3, 0.4) is 0 Å². The molecular weight excluding hydrogens is 234 g/mol. The third kappa shape index (κ3) is 2.60. The molecule has 2 aromatic heterocycles. The fourth-order valence-corrected chi connectivity index (χ4v) is 1.46. The number of aryl methyl sites for hydroxylation is 1. The number of carbonyl (C=O) groups is 1. The van der Waals surface area contributed by atoms with Crippen LogP contribution in [0, 0.1) is 6.92 Å². The molecule has 2 aromatic rings. The summed E-state index contributed by atoms with van der Waals surface area (Å²) in [6, 6.07) is 6.10. The molecule has 0 aliphatic rings. The van der Waals surface area contributed by atoms with Crippen LogP contribution >= 0.6 is 0 Å². The van der Waals surface area contributed by atoms with E-state index in [0.29, 0.717) is 5.69 Å². The molecule has 0 spiro atoms. The van der Waals surface area contributed by atoms with Gasteiger partial charge in [-0.05, 0) is 25.1 Å². The Labute approximate surface area is 103 Å². The molecular formula is C12H11N3O3. The summed E-state index contributed by atoms with van der Waals surface area (Å²) in [6.07, 6.45) is 1.26. The van der Waals surface area contributed by atoms with Crippen molar-refractivity contribution in [3.63, 3.8) is 0 Å². The Morgan fingerprint density at radius 3 is 2.72 bits per heavy atom. The largest absolute Gasteiger partial charge is 0.478 e. The smallest absolute Gasteiger partial charge is 0.337 e. The van der Waals surface area contributed by atoms with Crippen LogP contribution in [0.5, 0.6) is 0 Å². The Morgan fingerprint density at radius 2 is 2.11 bits per heavy atom. The Hall–Kier alpha value is -2.50. The van der Waals surface area contributed by atoms with E-state index in [4.69, 9.17) is 5.11 Å². The van der Waals surface area contributed by atoms with Crippen molar-refractivity contribution in [1.29, 1.82) is 0 Å². The second-order valence-electron chi connectivity index (χ2n) is 3.81. The number of carboxylic acids is 1. The fourth-order valence-electron chi connectivity index (χ4n) is 1.46. The van der Waals surface area contributed by atoms with Gasteiger partial charge in [0.15, 0.2) is 0 Å². The van der Waals surface area contributed by atoms with Crippen LogP contribution in [0.1, 0.15) is 21.7 Å². The van der Waals surface area contributed by atoms with Gasteiger partial charge in [0, 0.05) is 12.3 Å². The van der Waals surface area contributed by atoms with Gasteiger partial charge < -0.3 is 5.11 Å². The van der Waals surface area contributed by atoms with Crippen molar-refractivity contribution in [3.05, 3.63) is 57.8 Å². The highest BCUT2D eigenvalue weighted by atomic mass is 16.4. The van der Waals surface area contributed by atoms with Gasteiger partial charge in [0.05, 0.1) is 23.5 Å². The third-order valence-electron chi connectivity index (χ3n) is 2.38. The first-order valence-corrected chi connectivity index (χ1v) is 5.29. The van der Waals surface area contributed by atoms with E-state index in [-0.39, 0.29) is 17.7 Å². The normalized spacial score (nSPS) is 10.3. The second-order valence-corrected chi connectivity index (χ2v) is 3.81. The van der Waals surface area contributed by atoms with Gasteiger partial charge in [0.1, 0.15) is 0 Å². The average Bonchev–Trinajstić information content (AvgIpc) is 2.34. The van der Waals surface area contributed by atoms with Crippen LogP contribution in [-0.2, 0) is 6.54 Å². The fraction of sp³-hybridized carbons (Fsp3) is 0.167. The zero-order chi connectivity index (χ0) is 13.1. The first-order chi connectivity index (χ1) is 8.56. The van der Waals surface area contributed by atoms with Gasteiger partial charge in [-0.2, -0.15) is 5.10 Å². The predicted octanol–water partition coefficient (Wildman–Crippen LogP) is 0.693. The molecule has 6 nitrogen and oxygen atoms in total. The summed E-state index contributed by atoms with van der Waals surface area (Å²) in [5.74, 6) is -1.03. The minimum absolute atomic E-state index is 0.114. The maximum absolute atomic E-state index is 11.5. The molecule has 0 fully saturated rings. The number of hydrogen-bond acceptors (Lipinski definition) is 4. The lowest BCUT2D eigenvalue weighted by Gasteiger charge is -2.04. The van der Waals surface area contributed by atoms with Crippen LogP contribution in [0.25, 0.3) is 0 Å². The van der Waals surface area contributed by atoms with Crippen molar-refractivity contribution in [1.82, 2.24) is 14.8 Å². The van der Waals surface area contributed by atoms with Gasteiger partial charge in [-0.1, -0.05) is 0 Å². The lowest BCUT2D eigenvalue weighted by Crippen LogP contribution is -2.23. The van der Waals surface area contributed by atoms with Crippen LogP contribution in [0.4, 0.5) is 0 Å². The molecule has 0 aromatic carbocycles. The number of rotatable bonds is 3. The van der Waals surface area contributed by atoms with Gasteiger partial charge in [-0.3, -0.25) is 9.78 Å². The van der Waals surface area contributed by atoms with Gasteiger partial charge in [-0.25, -0.2) is 9.48 Å². The zero-order valence-corrected chi connectivity index (χ0v) is 9.70. The summed E-state index contributed by atoms with van der Waals surface area (Å²) in [5, 5.41) is 12.8. The van der Waals surface area contributed by atoms with Crippen LogP contribution in [-0.4, -0.2) is 25.8 Å². The van der Waals surface area contributed by atoms with Crippen molar-refractivity contribution in [3.8, 4) is 0 Å². The lowest BCUT2D eigenvalue weighted by atomic mass is 10.2. The Bertz CT molecular complexity index is 632. The molecule has 2 rings (SSSR count). The molecule has 18 heavy (non-hydrogen) atoms. The third-order valence-corrected chi connectivity index (χ3v) is 2.38. The van der Waals surface area contributed by atoms with Crippen LogP contribution < -0.4 is 5.56 Å². The highest BCUT2D eigenvalue weighted by Crippen LogP contribution is 2.01. The second kappa shape index (κ2) is 4.79. The predicted molar refractivity (Wildman–Crippen MR) is 63.5 cm³/mol. The first kappa shape index (κ1) is 12.0. The molecule has 2 heterocycles. The quantitative estimate of drug-likeness (QED) is 0.860. The molecule has 0 radical (unpaired) electrons. The minimum atomic E-state index is -1.03. The molecule has 0 aliphatic heterocycles. The van der Waals surface area contributed by atoms with E-state index in [0.717, 1.165) is 5.69 Å². The van der Waals surface area contributed by atoms with E-state index in [9.17, 15) is 9.59 Å². The number of aromatic carboxylic acids is 1. The van der Waals surface area contributed by atoms with Crippen molar-refractivity contribution < 1.29 is 9.90 Å². The number of aromatic nitrogens is 3. The zero-order valence-electron chi connectivity index (χ0n) is 9.70. The number of nitrogens with zero attached hydrogens (tertiary/aromatic N) is 3. The summed E-state index contributed by atoms with van der Waals surface area (Å²) in [6.45, 7) is 2.01. The van der Waals surface area contributed by atoms with E-state index < -0.39 is 5.97 Å². The summed E-state index contributed by atoms with van der Waals surface area (Å²) < 4.78 is 1.29. The highest BCUT2D eigenvalue weighted by Gasteiger charge is 2.04. The lowest BCUT2D eigenvalue weighted by molar-refractivity contribution is 0.0696. The highest BCUT2D eigenvalue weighted by molar-refractivity contribution is 5.87. The van der Waals surface area contributed by atoms with Crippen molar-refractivity contribution in [2.75, 3.05) is 0 Å². The summed E-state index contributed by atoms with van der Waals surface area (Å²) in [7, 11) is 0. The standard InChI is InChI=1S/C12H11N3O3/c1-8-2-5-11(16)15(14-8)7-10-4-3-9(6-13-10)12(17)18/h2-6H,7H2,1H3,(H,17,18). The first-order valence-electron chi connectivity index (χ1n) is 5.29. The van der Waals surface area contributed by atoms with Crippen molar-refractivity contribution in [2.45, 2.75) is 13.5 Å². The Morgan fingerprint density at radius 1 is 1.33 bits per heavy atom. The van der Waals surface area contributed by atoms with Crippen LogP contribution in [0.15, 0.2) is 35.3 Å². The van der Waals surface area contributed by atoms with E-state index in [2.05, 4.69) is 10.1 Å². The molecule has 0 saturated carbocycles. The summed E-state index contributed by atoms with van der Waals surface area (Å²) in [4.78, 5) is 26.2. The SMILES string of the molecule is Cc1ccc(=O)n(Cc2ccc(C(=O)O)cn2)n1. The van der Waals surface area contributed by atoms with Gasteiger partial charge in [-0.15, -0.1) is 0 Å². The number of carboxylic acid groups (broad SMARTS) is 1. The molecule has 0 saturated heterocycles. The molecule has 1 N–H and O–H groups in total. The van der Waals surface area contributed by atoms with E-state index in [1.165, 1.54) is 23.0 Å². The average molecular weight is 245 g/mol. The molecule has 0 aliphatic carbocycles. The molecule has 0 unspecified atom stereocenters. The maximum atomic E-state index is 11.5. The van der Waals surface area contributed by atoms with Gasteiger partial charge in [0.25, 0.3) is 5.56 Å². The Balaban J connectivity index is 2.26. The monoisotopic (exact) mass is 245 g/mol. The molecule has 0 bridgehead atoms.